The maximum atomic E-state index is 11.5. The molecule has 0 radical (unpaired) electrons. The molecular formula is C14H22N2O. The Balaban J connectivity index is 0.00000121. The number of aryl methyl sites for hydroxylation is 1. The van der Waals surface area contributed by atoms with E-state index in [-0.39, 0.29) is 5.56 Å². The zero-order valence-corrected chi connectivity index (χ0v) is 11.4. The lowest BCUT2D eigenvalue weighted by Crippen LogP contribution is -2.14. The van der Waals surface area contributed by atoms with Gasteiger partial charge in [-0.2, -0.15) is 5.10 Å². The molecule has 0 fully saturated rings. The Hall–Kier alpha value is -1.64. The van der Waals surface area contributed by atoms with Gasteiger partial charge < -0.3 is 0 Å². The Labute approximate surface area is 103 Å². The summed E-state index contributed by atoms with van der Waals surface area (Å²) < 4.78 is 0. The second kappa shape index (κ2) is 8.50. The van der Waals surface area contributed by atoms with Crippen molar-refractivity contribution in [1.29, 1.82) is 0 Å². The third-order valence-electron chi connectivity index (χ3n) is 2.10. The summed E-state index contributed by atoms with van der Waals surface area (Å²) in [7, 11) is 0. The minimum Gasteiger partial charge on any atom is -0.267 e. The Morgan fingerprint density at radius 1 is 1.24 bits per heavy atom. The fourth-order valence-corrected chi connectivity index (χ4v) is 1.35. The van der Waals surface area contributed by atoms with Crippen molar-refractivity contribution in [3.63, 3.8) is 0 Å². The van der Waals surface area contributed by atoms with Crippen LogP contribution in [0.15, 0.2) is 16.9 Å². The van der Waals surface area contributed by atoms with Crippen LogP contribution in [0.5, 0.6) is 0 Å². The summed E-state index contributed by atoms with van der Waals surface area (Å²) in [5.41, 5.74) is 2.27. The molecule has 17 heavy (non-hydrogen) atoms. The predicted molar refractivity (Wildman–Crippen MR) is 75.0 cm³/mol. The van der Waals surface area contributed by atoms with Crippen LogP contribution < -0.4 is 5.56 Å². The van der Waals surface area contributed by atoms with Crippen LogP contribution in [-0.4, -0.2) is 10.2 Å². The molecule has 0 aliphatic rings. The molecule has 0 aliphatic heterocycles. The van der Waals surface area contributed by atoms with Crippen molar-refractivity contribution < 1.29 is 0 Å². The van der Waals surface area contributed by atoms with Gasteiger partial charge in [-0.25, -0.2) is 5.10 Å². The highest BCUT2D eigenvalue weighted by Crippen LogP contribution is 2.11. The smallest absolute Gasteiger partial charge is 0.267 e. The molecule has 0 unspecified atom stereocenters. The van der Waals surface area contributed by atoms with Crippen molar-refractivity contribution in [2.24, 2.45) is 0 Å². The van der Waals surface area contributed by atoms with Gasteiger partial charge in [0.15, 0.2) is 0 Å². The number of aromatic nitrogens is 2. The molecule has 0 amide bonds. The standard InChI is InChI=1S/C12H16N2O.C2H6/c1-4-6-8-10-9(3)13-14-12(15)11(10)7-5-2;1-2/h5-8H,4H2,1-3H3,(H,14,15);1-2H3/b7-5-,8-6-;. The minimum absolute atomic E-state index is 0.144. The van der Waals surface area contributed by atoms with Crippen molar-refractivity contribution >= 4 is 12.2 Å². The lowest BCUT2D eigenvalue weighted by molar-refractivity contribution is 0.936. The van der Waals surface area contributed by atoms with Gasteiger partial charge >= 0.3 is 0 Å². The first kappa shape index (κ1) is 15.4. The number of hydrogen-bond donors (Lipinski definition) is 1. The molecule has 1 aromatic heterocycles. The van der Waals surface area contributed by atoms with Crippen LogP contribution in [-0.2, 0) is 0 Å². The number of hydrogen-bond acceptors (Lipinski definition) is 2. The molecule has 0 aromatic carbocycles. The van der Waals surface area contributed by atoms with Crippen LogP contribution in [0.1, 0.15) is 50.9 Å². The van der Waals surface area contributed by atoms with Crippen LogP contribution in [0.3, 0.4) is 0 Å². The quantitative estimate of drug-likeness (QED) is 0.869. The fourth-order valence-electron chi connectivity index (χ4n) is 1.35. The molecule has 0 bridgehead atoms. The minimum atomic E-state index is -0.144. The molecular weight excluding hydrogens is 212 g/mol. The van der Waals surface area contributed by atoms with Gasteiger partial charge in [-0.1, -0.05) is 45.1 Å². The van der Waals surface area contributed by atoms with E-state index in [1.165, 1.54) is 0 Å². The van der Waals surface area contributed by atoms with E-state index in [9.17, 15) is 4.79 Å². The largest absolute Gasteiger partial charge is 0.272 e. The third kappa shape index (κ3) is 4.39. The molecule has 1 rings (SSSR count). The van der Waals surface area contributed by atoms with E-state index in [1.807, 2.05) is 52.0 Å². The summed E-state index contributed by atoms with van der Waals surface area (Å²) in [4.78, 5) is 11.5. The van der Waals surface area contributed by atoms with Crippen LogP contribution in [0.2, 0.25) is 0 Å². The van der Waals surface area contributed by atoms with Crippen molar-refractivity contribution in [3.8, 4) is 0 Å². The van der Waals surface area contributed by atoms with Gasteiger partial charge in [0.1, 0.15) is 0 Å². The molecule has 0 aliphatic carbocycles. The highest BCUT2D eigenvalue weighted by atomic mass is 16.1. The first-order valence-electron chi connectivity index (χ1n) is 6.09. The van der Waals surface area contributed by atoms with Gasteiger partial charge in [-0.15, -0.1) is 0 Å². The van der Waals surface area contributed by atoms with E-state index in [2.05, 4.69) is 17.1 Å². The number of H-pyrrole nitrogens is 1. The number of nitrogens with zero attached hydrogens (tertiary/aromatic N) is 1. The van der Waals surface area contributed by atoms with Crippen molar-refractivity contribution in [1.82, 2.24) is 10.2 Å². The fraction of sp³-hybridized carbons (Fsp3) is 0.429. The zero-order valence-electron chi connectivity index (χ0n) is 11.4. The molecule has 3 nitrogen and oxygen atoms in total. The monoisotopic (exact) mass is 234 g/mol. The zero-order chi connectivity index (χ0) is 13.3. The third-order valence-corrected chi connectivity index (χ3v) is 2.10. The van der Waals surface area contributed by atoms with E-state index >= 15 is 0 Å². The highest BCUT2D eigenvalue weighted by molar-refractivity contribution is 5.65. The van der Waals surface area contributed by atoms with E-state index in [0.717, 1.165) is 17.7 Å². The summed E-state index contributed by atoms with van der Waals surface area (Å²) in [6, 6.07) is 0. The Morgan fingerprint density at radius 2 is 1.88 bits per heavy atom. The molecule has 1 heterocycles. The molecule has 94 valence electrons. The first-order valence-corrected chi connectivity index (χ1v) is 6.09. The highest BCUT2D eigenvalue weighted by Gasteiger charge is 2.05. The van der Waals surface area contributed by atoms with E-state index < -0.39 is 0 Å². The van der Waals surface area contributed by atoms with Gasteiger partial charge in [-0.05, 0) is 20.3 Å². The topological polar surface area (TPSA) is 45.8 Å². The van der Waals surface area contributed by atoms with E-state index in [1.54, 1.807) is 0 Å². The number of aromatic amines is 1. The van der Waals surface area contributed by atoms with Crippen LogP contribution in [0.25, 0.3) is 12.2 Å². The van der Waals surface area contributed by atoms with Gasteiger partial charge in [0.25, 0.3) is 5.56 Å². The van der Waals surface area contributed by atoms with Crippen LogP contribution >= 0.6 is 0 Å². The van der Waals surface area contributed by atoms with Gasteiger partial charge in [-0.3, -0.25) is 4.79 Å². The van der Waals surface area contributed by atoms with Crippen molar-refractivity contribution in [2.75, 3.05) is 0 Å². The Bertz CT molecular complexity index is 442. The maximum Gasteiger partial charge on any atom is 0.272 e. The molecule has 0 saturated carbocycles. The second-order valence-corrected chi connectivity index (χ2v) is 3.28. The average molecular weight is 234 g/mol. The lowest BCUT2D eigenvalue weighted by atomic mass is 10.1. The van der Waals surface area contributed by atoms with Crippen molar-refractivity contribution in [3.05, 3.63) is 39.3 Å². The van der Waals surface area contributed by atoms with Crippen LogP contribution in [0, 0.1) is 6.92 Å². The Morgan fingerprint density at radius 3 is 2.41 bits per heavy atom. The second-order valence-electron chi connectivity index (χ2n) is 3.28. The average Bonchev–Trinajstić information content (AvgIpc) is 2.36. The van der Waals surface area contributed by atoms with Gasteiger partial charge in [0, 0.05) is 11.1 Å². The van der Waals surface area contributed by atoms with Crippen LogP contribution in [0.4, 0.5) is 0 Å². The SMILES string of the molecule is C/C=C\c1c(/C=C\CC)c(C)n[nH]c1=O.CC. The predicted octanol–water partition coefficient (Wildman–Crippen LogP) is 3.56. The number of nitrogens with one attached hydrogen (secondary N) is 1. The number of rotatable bonds is 3. The lowest BCUT2D eigenvalue weighted by Gasteiger charge is -2.02. The maximum absolute atomic E-state index is 11.5. The molecule has 1 aromatic rings. The molecule has 1 N–H and O–H groups in total. The Kier molecular flexibility index (Phi) is 7.68. The number of allylic oxidation sites excluding steroid dienone is 2. The first-order chi connectivity index (χ1) is 8.20. The summed E-state index contributed by atoms with van der Waals surface area (Å²) in [6.07, 6.45) is 8.58. The van der Waals surface area contributed by atoms with E-state index in [0.29, 0.717) is 5.56 Å². The van der Waals surface area contributed by atoms with Crippen molar-refractivity contribution in [2.45, 2.75) is 41.0 Å². The normalized spacial score (nSPS) is 10.6. The molecule has 3 heteroatoms. The van der Waals surface area contributed by atoms with Gasteiger partial charge in [0.2, 0.25) is 0 Å². The summed E-state index contributed by atoms with van der Waals surface area (Å²) in [6.45, 7) is 9.84. The summed E-state index contributed by atoms with van der Waals surface area (Å²) in [5.74, 6) is 0. The molecule has 0 atom stereocenters. The van der Waals surface area contributed by atoms with E-state index in [4.69, 9.17) is 0 Å². The summed E-state index contributed by atoms with van der Waals surface area (Å²) >= 11 is 0. The van der Waals surface area contributed by atoms with Gasteiger partial charge in [0.05, 0.1) is 5.69 Å². The molecule has 0 spiro atoms. The summed E-state index contributed by atoms with van der Waals surface area (Å²) in [5, 5.41) is 6.43. The molecule has 0 saturated heterocycles.